The highest BCUT2D eigenvalue weighted by Crippen LogP contribution is 2.39. The van der Waals surface area contributed by atoms with Crippen LogP contribution in [0.5, 0.6) is 0 Å². The van der Waals surface area contributed by atoms with E-state index in [-0.39, 0.29) is 86.2 Å². The number of hydrogen-bond acceptors (Lipinski definition) is 13. The quantitative estimate of drug-likeness (QED) is 0.124. The molecule has 8 rings (SSSR count). The van der Waals surface area contributed by atoms with Crippen LogP contribution >= 0.6 is 0 Å². The largest absolute Gasteiger partial charge is 0.444 e. The Hall–Kier alpha value is -8.13. The Labute approximate surface area is 535 Å². The van der Waals surface area contributed by atoms with Gasteiger partial charge in [0.25, 0.3) is 0 Å². The van der Waals surface area contributed by atoms with Crippen LogP contribution in [0.15, 0.2) is 97.1 Å². The molecule has 4 aromatic rings. The Morgan fingerprint density at radius 1 is 0.538 bits per heavy atom. The average molecular weight is 1280 g/mol. The van der Waals surface area contributed by atoms with E-state index >= 15 is 0 Å². The van der Waals surface area contributed by atoms with Crippen molar-refractivity contribution in [2.75, 3.05) is 52.9 Å². The first-order valence-corrected chi connectivity index (χ1v) is 30.0. The number of rotatable bonds is 5. The summed E-state index contributed by atoms with van der Waals surface area (Å²) < 4.78 is 70.0. The predicted molar refractivity (Wildman–Crippen MR) is 340 cm³/mol. The summed E-state index contributed by atoms with van der Waals surface area (Å²) in [6, 6.07) is 31.7. The molecule has 0 radical (unpaired) electrons. The van der Waals surface area contributed by atoms with Crippen LogP contribution in [-0.2, 0) is 45.5 Å². The molecular weight excluding hydrogens is 1180 g/mol. The number of amides is 5. The molecule has 0 aliphatic carbocycles. The summed E-state index contributed by atoms with van der Waals surface area (Å²) in [7, 11) is 1.00. The Kier molecular flexibility index (Phi) is 30.3. The third kappa shape index (κ3) is 23.3. The second kappa shape index (κ2) is 34.9. The number of carbonyl (C=O) groups excluding carboxylic acids is 5. The summed E-state index contributed by atoms with van der Waals surface area (Å²) in [6.07, 6.45) is 4.59. The molecule has 4 heterocycles. The Balaban J connectivity index is 0.000000605. The van der Waals surface area contributed by atoms with E-state index in [1.807, 2.05) is 47.6 Å². The molecular formula is C69H95F5N8O9. The van der Waals surface area contributed by atoms with Crippen LogP contribution in [0.25, 0.3) is 0 Å². The molecule has 500 valence electrons. The monoisotopic (exact) mass is 1280 g/mol. The van der Waals surface area contributed by atoms with E-state index in [1.165, 1.54) is 42.5 Å². The molecule has 4 N–H and O–H groups in total. The topological polar surface area (TPSA) is 252 Å². The molecule has 4 unspecified atom stereocenters. The van der Waals surface area contributed by atoms with Gasteiger partial charge in [-0.3, -0.25) is 14.3 Å². The maximum atomic E-state index is 13.6. The van der Waals surface area contributed by atoms with E-state index in [4.69, 9.17) is 25.1 Å². The van der Waals surface area contributed by atoms with Crippen molar-refractivity contribution in [3.8, 4) is 18.2 Å². The van der Waals surface area contributed by atoms with Gasteiger partial charge in [-0.05, 0) is 197 Å². The molecule has 4 aromatic carbocycles. The number of aliphatic hydroxyl groups is 1. The molecule has 0 spiro atoms. The van der Waals surface area contributed by atoms with Crippen LogP contribution in [0.1, 0.15) is 170 Å². The van der Waals surface area contributed by atoms with Gasteiger partial charge in [0, 0.05) is 72.6 Å². The molecule has 4 aliphatic heterocycles. The van der Waals surface area contributed by atoms with Crippen LogP contribution in [-0.4, -0.2) is 120 Å². The molecule has 4 saturated heterocycles. The zero-order valence-corrected chi connectivity index (χ0v) is 53.6. The maximum absolute atomic E-state index is 13.6. The van der Waals surface area contributed by atoms with Crippen LogP contribution in [0.4, 0.5) is 36.6 Å². The number of ether oxygens (including phenoxy) is 3. The number of aliphatic hydroxyl groups excluding tert-OH is 1. The lowest BCUT2D eigenvalue weighted by atomic mass is 9.74. The van der Waals surface area contributed by atoms with Gasteiger partial charge in [0.2, 0.25) is 11.8 Å². The number of nitrogens with one attached hydrogen (secondary N) is 1. The third-order valence-electron chi connectivity index (χ3n) is 15.8. The molecule has 0 saturated carbocycles. The zero-order valence-electron chi connectivity index (χ0n) is 53.6. The Morgan fingerprint density at radius 2 is 0.901 bits per heavy atom. The third-order valence-corrected chi connectivity index (χ3v) is 15.8. The highest BCUT2D eigenvalue weighted by Gasteiger charge is 2.42. The molecule has 0 bridgehead atoms. The molecule has 17 nitrogen and oxygen atoms in total. The molecule has 22 heteroatoms. The average Bonchev–Trinajstić information content (AvgIpc) is 1.53. The lowest BCUT2D eigenvalue weighted by Gasteiger charge is -2.32. The van der Waals surface area contributed by atoms with Gasteiger partial charge in [0.1, 0.15) is 40.1 Å². The van der Waals surface area contributed by atoms with Crippen LogP contribution in [0.2, 0.25) is 0 Å². The molecule has 91 heavy (non-hydrogen) atoms. The number of nitriles is 3. The normalized spacial score (nSPS) is 21.7. The summed E-state index contributed by atoms with van der Waals surface area (Å²) in [5.74, 6) is -1.78. The summed E-state index contributed by atoms with van der Waals surface area (Å²) in [5, 5.41) is 38.5. The second-order valence-corrected chi connectivity index (χ2v) is 25.6. The number of nitrogens with two attached hydrogens (primary N) is 1. The SMILES string of the molecule is C.CC(C)(C)OC(=O)N1CCC(C#N)(c2cccc(F)c2)CCC1=O.CC(C)(C)OC(=O)N1CCCC(C#N)(c2cccc(F)c2)CC1.CC(C)(C)OC(=O)N1CCCC(CN)(c2cccc(F)c2)CC1.CO.F.N#CC1(c2cccc(F)c2)CCNC(=O)CC1.[3HH]. The highest BCUT2D eigenvalue weighted by molar-refractivity contribution is 5.92. The zero-order chi connectivity index (χ0) is 66.4. The van der Waals surface area contributed by atoms with E-state index in [1.54, 1.807) is 79.1 Å². The van der Waals surface area contributed by atoms with Gasteiger partial charge in [-0.15, -0.1) is 0 Å². The Bertz CT molecular complexity index is 3190. The minimum absolute atomic E-state index is 0. The van der Waals surface area contributed by atoms with Crippen molar-refractivity contribution in [3.05, 3.63) is 143 Å². The number of benzene rings is 4. The molecule has 4 fully saturated rings. The van der Waals surface area contributed by atoms with Gasteiger partial charge in [-0.2, -0.15) is 15.8 Å². The number of carbonyl (C=O) groups is 5. The first-order chi connectivity index (χ1) is 41.8. The van der Waals surface area contributed by atoms with Gasteiger partial charge in [-0.25, -0.2) is 36.8 Å². The van der Waals surface area contributed by atoms with Gasteiger partial charge in [0.15, 0.2) is 0 Å². The fraction of sp³-hybridized carbons (Fsp3) is 0.536. The van der Waals surface area contributed by atoms with Gasteiger partial charge >= 0.3 is 18.3 Å². The van der Waals surface area contributed by atoms with E-state index in [9.17, 15) is 57.3 Å². The van der Waals surface area contributed by atoms with E-state index < -0.39 is 45.0 Å². The summed E-state index contributed by atoms with van der Waals surface area (Å²) >= 11 is 0. The molecule has 4 aliphatic rings. The van der Waals surface area contributed by atoms with E-state index in [0.29, 0.717) is 101 Å². The second-order valence-electron chi connectivity index (χ2n) is 25.6. The van der Waals surface area contributed by atoms with Gasteiger partial charge < -0.3 is 40.2 Å². The number of likely N-dealkylation sites (tertiary alicyclic amines) is 3. The lowest BCUT2D eigenvalue weighted by molar-refractivity contribution is -0.129. The standard InChI is InChI=1S/C18H21FN2O3.C18H27FN2O2.C18H23FN2O2.C13H13FN2O.CH4O.CH4.FH.H2/c1-17(2,3)24-16(23)21-10-9-18(12-20,8-7-15(21)22)13-5-4-6-14(19)11-13;2*1-17(2,3)23-16(22)21-10-5-8-18(13-20,9-11-21)14-6-4-7-15(19)12-14;14-11-3-1-2-10(8-11)13(9-15)5-4-12(17)16-7-6-13;1-2;;;/h4-6,11H,7-10H2,1-3H3;4,6-7,12H,5,8-11,13,20H2,1-3H3;4,6-7,12H,5,8-11H2,1-3H3;1-3,8H,4-7H2,(H,16,17);2H,1H3;1H4;2*1H/i;;;;;;;1+2. The van der Waals surface area contributed by atoms with Crippen molar-refractivity contribution < 1.29 is 67.0 Å². The smallest absolute Gasteiger partial charge is 0.417 e. The van der Waals surface area contributed by atoms with Crippen LogP contribution in [0, 0.1) is 57.3 Å². The van der Waals surface area contributed by atoms with Crippen molar-refractivity contribution in [2.24, 2.45) is 5.73 Å². The first kappa shape index (κ1) is 79.0. The van der Waals surface area contributed by atoms with Crippen LogP contribution < -0.4 is 11.1 Å². The predicted octanol–water partition coefficient (Wildman–Crippen LogP) is 13.5. The Morgan fingerprint density at radius 3 is 1.32 bits per heavy atom. The summed E-state index contributed by atoms with van der Waals surface area (Å²) in [6.45, 7) is 19.4. The van der Waals surface area contributed by atoms with Crippen molar-refractivity contribution >= 4 is 30.1 Å². The van der Waals surface area contributed by atoms with Crippen molar-refractivity contribution in [3.63, 3.8) is 0 Å². The number of hydrogen-bond donors (Lipinski definition) is 3. The number of nitrogens with zero attached hydrogens (tertiary/aromatic N) is 6. The van der Waals surface area contributed by atoms with E-state index in [2.05, 4.69) is 23.5 Å². The fourth-order valence-electron chi connectivity index (χ4n) is 11.0. The summed E-state index contributed by atoms with van der Waals surface area (Å²) in [5.41, 5.74) is 4.33. The van der Waals surface area contributed by atoms with E-state index in [0.717, 1.165) is 30.4 Å². The molecule has 4 atom stereocenters. The molecule has 0 aromatic heterocycles. The fourth-order valence-corrected chi connectivity index (χ4v) is 11.0. The minimum atomic E-state index is -0.992. The highest BCUT2D eigenvalue weighted by atomic mass is 19.1. The first-order valence-electron chi connectivity index (χ1n) is 30.0. The minimum Gasteiger partial charge on any atom is -0.444 e. The molecule has 5 amide bonds. The number of halogens is 5. The lowest BCUT2D eigenvalue weighted by Crippen LogP contribution is -2.40. The maximum Gasteiger partial charge on any atom is 0.417 e. The van der Waals surface area contributed by atoms with Gasteiger partial charge in [0.05, 0.1) is 34.5 Å². The summed E-state index contributed by atoms with van der Waals surface area (Å²) in [4.78, 5) is 64.7. The van der Waals surface area contributed by atoms with Crippen molar-refractivity contribution in [2.45, 2.75) is 185 Å². The van der Waals surface area contributed by atoms with Crippen molar-refractivity contribution in [1.82, 2.24) is 20.0 Å². The number of imide groups is 1. The van der Waals surface area contributed by atoms with Crippen molar-refractivity contribution in [1.29, 1.82) is 15.8 Å². The van der Waals surface area contributed by atoms with Crippen LogP contribution in [0.3, 0.4) is 0 Å². The van der Waals surface area contributed by atoms with Gasteiger partial charge in [-0.1, -0.05) is 56.0 Å².